The minimum atomic E-state index is -4.95. The predicted octanol–water partition coefficient (Wildman–Crippen LogP) is 5.14. The lowest BCUT2D eigenvalue weighted by Gasteiger charge is -2.39. The number of benzene rings is 2. The van der Waals surface area contributed by atoms with Gasteiger partial charge in [0.05, 0.1) is 18.7 Å². The van der Waals surface area contributed by atoms with Gasteiger partial charge < -0.3 is 15.2 Å². The molecular formula is C25H26F3N5O2. The molecule has 2 unspecified atom stereocenters. The number of aromatic amines is 1. The largest absolute Gasteiger partial charge is 0.496 e. The number of methoxy groups -OCH3 is 1. The molecule has 35 heavy (non-hydrogen) atoms. The molecule has 0 amide bonds. The minimum absolute atomic E-state index is 0.0226. The summed E-state index contributed by atoms with van der Waals surface area (Å²) < 4.78 is 49.3. The van der Waals surface area contributed by atoms with Crippen LogP contribution in [-0.4, -0.2) is 44.2 Å². The predicted molar refractivity (Wildman–Crippen MR) is 126 cm³/mol. The molecular weight excluding hydrogens is 459 g/mol. The molecule has 0 aliphatic rings. The maximum atomic E-state index is 14.6. The van der Waals surface area contributed by atoms with E-state index in [1.165, 1.54) is 19.5 Å². The molecule has 0 saturated carbocycles. The highest BCUT2D eigenvalue weighted by Crippen LogP contribution is 2.47. The van der Waals surface area contributed by atoms with E-state index in [1.807, 2.05) is 6.92 Å². The first-order chi connectivity index (χ1) is 16.7. The lowest BCUT2D eigenvalue weighted by Crippen LogP contribution is -2.52. The van der Waals surface area contributed by atoms with E-state index in [0.29, 0.717) is 22.4 Å². The second-order valence-corrected chi connectivity index (χ2v) is 8.35. The Bertz CT molecular complexity index is 1280. The first kappa shape index (κ1) is 24.5. The molecule has 0 radical (unpaired) electrons. The number of rotatable bonds is 9. The molecule has 2 aromatic carbocycles. The Kier molecular flexibility index (Phi) is 6.93. The van der Waals surface area contributed by atoms with Crippen molar-refractivity contribution in [3.8, 4) is 5.75 Å². The average molecular weight is 486 g/mol. The molecule has 4 aromatic rings. The van der Waals surface area contributed by atoms with Crippen LogP contribution < -0.4 is 10.1 Å². The van der Waals surface area contributed by atoms with Gasteiger partial charge in [-0.15, -0.1) is 0 Å². The number of H-pyrrole nitrogens is 1. The summed E-state index contributed by atoms with van der Waals surface area (Å²) in [6.07, 6.45) is -4.01. The molecule has 0 fully saturated rings. The summed E-state index contributed by atoms with van der Waals surface area (Å²) >= 11 is 0. The van der Waals surface area contributed by atoms with E-state index < -0.39 is 24.2 Å². The van der Waals surface area contributed by atoms with Gasteiger partial charge in [0.25, 0.3) is 0 Å². The van der Waals surface area contributed by atoms with Crippen LogP contribution >= 0.6 is 0 Å². The summed E-state index contributed by atoms with van der Waals surface area (Å²) in [5.41, 5.74) is -1.10. The Morgan fingerprint density at radius 3 is 2.60 bits per heavy atom. The van der Waals surface area contributed by atoms with Crippen molar-refractivity contribution >= 4 is 16.6 Å². The van der Waals surface area contributed by atoms with Crippen LogP contribution in [0.15, 0.2) is 60.9 Å². The van der Waals surface area contributed by atoms with Crippen LogP contribution in [0.2, 0.25) is 0 Å². The molecule has 0 spiro atoms. The zero-order valence-corrected chi connectivity index (χ0v) is 19.3. The highest BCUT2D eigenvalue weighted by atomic mass is 19.4. The zero-order chi connectivity index (χ0) is 25.1. The molecule has 0 aliphatic carbocycles. The molecule has 2 aromatic heterocycles. The maximum absolute atomic E-state index is 14.6. The second kappa shape index (κ2) is 9.91. The summed E-state index contributed by atoms with van der Waals surface area (Å²) in [6.45, 7) is 1.84. The van der Waals surface area contributed by atoms with Crippen LogP contribution in [0.5, 0.6) is 5.75 Å². The van der Waals surface area contributed by atoms with Gasteiger partial charge >= 0.3 is 6.18 Å². The lowest BCUT2D eigenvalue weighted by molar-refractivity contribution is -0.269. The fraction of sp³-hybridized carbons (Fsp3) is 0.320. The third-order valence-electron chi connectivity index (χ3n) is 6.03. The SMILES string of the molecule is COc1ccccc1C(Nc1cccc2nc(C)ccc12)C(O)(CCCc1ncn[nH]1)C(F)(F)F. The van der Waals surface area contributed by atoms with Gasteiger partial charge in [0.15, 0.2) is 5.60 Å². The molecule has 184 valence electrons. The monoisotopic (exact) mass is 485 g/mol. The number of fused-ring (bicyclic) bond motifs is 1. The lowest BCUT2D eigenvalue weighted by atomic mass is 9.82. The number of ether oxygens (including phenoxy) is 1. The number of alkyl halides is 3. The van der Waals surface area contributed by atoms with Crippen LogP contribution in [0.4, 0.5) is 18.9 Å². The number of anilines is 1. The van der Waals surface area contributed by atoms with Crippen molar-refractivity contribution in [2.45, 2.75) is 44.0 Å². The highest BCUT2D eigenvalue weighted by Gasteiger charge is 2.59. The van der Waals surface area contributed by atoms with Gasteiger partial charge in [0, 0.05) is 28.8 Å². The zero-order valence-electron chi connectivity index (χ0n) is 19.3. The van der Waals surface area contributed by atoms with E-state index in [4.69, 9.17) is 4.74 Å². The van der Waals surface area contributed by atoms with Crippen molar-refractivity contribution in [3.63, 3.8) is 0 Å². The number of aryl methyl sites for hydroxylation is 2. The molecule has 4 rings (SSSR count). The van der Waals surface area contributed by atoms with E-state index in [-0.39, 0.29) is 24.2 Å². The molecule has 3 N–H and O–H groups in total. The third kappa shape index (κ3) is 5.07. The number of hydrogen-bond donors (Lipinski definition) is 3. The Labute approximate surface area is 200 Å². The van der Waals surface area contributed by atoms with Gasteiger partial charge in [-0.3, -0.25) is 10.1 Å². The first-order valence-corrected chi connectivity index (χ1v) is 11.1. The van der Waals surface area contributed by atoms with Gasteiger partial charge in [-0.25, -0.2) is 4.98 Å². The quantitative estimate of drug-likeness (QED) is 0.304. The van der Waals surface area contributed by atoms with Gasteiger partial charge in [-0.2, -0.15) is 18.3 Å². The van der Waals surface area contributed by atoms with Crippen molar-refractivity contribution < 1.29 is 23.0 Å². The Hall–Kier alpha value is -3.66. The summed E-state index contributed by atoms with van der Waals surface area (Å²) in [5.74, 6) is 0.684. The highest BCUT2D eigenvalue weighted by molar-refractivity contribution is 5.91. The number of nitrogens with one attached hydrogen (secondary N) is 2. The Morgan fingerprint density at radius 2 is 1.89 bits per heavy atom. The van der Waals surface area contributed by atoms with Crippen LogP contribution in [0.3, 0.4) is 0 Å². The topological polar surface area (TPSA) is 95.9 Å². The standard InChI is InChI=1S/C25H26F3N5O2/c1-16-12-13-17-19(31-16)8-5-9-20(17)32-23(18-7-3-4-10-21(18)35-2)24(34,25(26,27)28)14-6-11-22-29-15-30-33-22/h3-5,7-10,12-13,15,23,32,34H,6,11,14H2,1-2H3,(H,29,30,33). The smallest absolute Gasteiger partial charge is 0.419 e. The van der Waals surface area contributed by atoms with Gasteiger partial charge in [0.2, 0.25) is 0 Å². The van der Waals surface area contributed by atoms with Gasteiger partial charge in [-0.1, -0.05) is 24.3 Å². The van der Waals surface area contributed by atoms with E-state index in [1.54, 1.807) is 48.5 Å². The normalized spacial score (nSPS) is 14.5. The van der Waals surface area contributed by atoms with Crippen LogP contribution in [-0.2, 0) is 6.42 Å². The Balaban J connectivity index is 1.79. The van der Waals surface area contributed by atoms with Crippen LogP contribution in [0.1, 0.15) is 36.0 Å². The third-order valence-corrected chi connectivity index (χ3v) is 6.03. The fourth-order valence-electron chi connectivity index (χ4n) is 4.22. The number of hydrogen-bond acceptors (Lipinski definition) is 6. The summed E-state index contributed by atoms with van der Waals surface area (Å²) in [4.78, 5) is 8.44. The summed E-state index contributed by atoms with van der Waals surface area (Å²) in [6, 6.07) is 13.6. The van der Waals surface area contributed by atoms with Crippen LogP contribution in [0.25, 0.3) is 10.9 Å². The van der Waals surface area contributed by atoms with Gasteiger partial charge in [0.1, 0.15) is 17.9 Å². The van der Waals surface area contributed by atoms with E-state index in [0.717, 1.165) is 5.69 Å². The number of aromatic nitrogens is 4. The first-order valence-electron chi connectivity index (χ1n) is 11.1. The number of para-hydroxylation sites is 1. The summed E-state index contributed by atoms with van der Waals surface area (Å²) in [5, 5.41) is 21.4. The van der Waals surface area contributed by atoms with Crippen molar-refractivity contribution in [2.24, 2.45) is 0 Å². The molecule has 0 saturated heterocycles. The number of nitrogens with zero attached hydrogens (tertiary/aromatic N) is 3. The van der Waals surface area contributed by atoms with E-state index in [9.17, 15) is 18.3 Å². The summed E-state index contributed by atoms with van der Waals surface area (Å²) in [7, 11) is 1.39. The molecule has 0 bridgehead atoms. The van der Waals surface area contributed by atoms with E-state index in [2.05, 4.69) is 25.5 Å². The van der Waals surface area contributed by atoms with Crippen molar-refractivity contribution in [1.29, 1.82) is 0 Å². The van der Waals surface area contributed by atoms with Crippen molar-refractivity contribution in [1.82, 2.24) is 20.2 Å². The van der Waals surface area contributed by atoms with Crippen molar-refractivity contribution in [3.05, 3.63) is 78.0 Å². The second-order valence-electron chi connectivity index (χ2n) is 8.35. The maximum Gasteiger partial charge on any atom is 0.419 e. The average Bonchev–Trinajstić information content (AvgIpc) is 3.35. The molecule has 0 aliphatic heterocycles. The molecule has 10 heteroatoms. The van der Waals surface area contributed by atoms with Gasteiger partial charge in [-0.05, 0) is 50.1 Å². The minimum Gasteiger partial charge on any atom is -0.496 e. The number of pyridine rings is 1. The Morgan fingerprint density at radius 1 is 1.09 bits per heavy atom. The molecule has 2 heterocycles. The van der Waals surface area contributed by atoms with E-state index >= 15 is 0 Å². The molecule has 7 nitrogen and oxygen atoms in total. The number of halogens is 3. The fourth-order valence-corrected chi connectivity index (χ4v) is 4.22. The van der Waals surface area contributed by atoms with Crippen molar-refractivity contribution in [2.75, 3.05) is 12.4 Å². The number of aliphatic hydroxyl groups is 1. The molecule has 2 atom stereocenters. The van der Waals surface area contributed by atoms with Crippen LogP contribution in [0, 0.1) is 6.92 Å².